The van der Waals surface area contributed by atoms with Gasteiger partial charge in [0.15, 0.2) is 0 Å². The van der Waals surface area contributed by atoms with Crippen LogP contribution in [0.2, 0.25) is 5.02 Å². The Labute approximate surface area is 166 Å². The van der Waals surface area contributed by atoms with Gasteiger partial charge >= 0.3 is 5.97 Å². The maximum Gasteiger partial charge on any atom is 0.325 e. The van der Waals surface area contributed by atoms with E-state index in [2.05, 4.69) is 20.3 Å². The number of thiazole rings is 1. The second-order valence-corrected chi connectivity index (χ2v) is 9.14. The summed E-state index contributed by atoms with van der Waals surface area (Å²) in [6.45, 7) is -0.146. The zero-order valence-electron chi connectivity index (χ0n) is 13.3. The lowest BCUT2D eigenvalue weighted by atomic mass is 10.3. The summed E-state index contributed by atoms with van der Waals surface area (Å²) in [6, 6.07) is 11.2. The molecule has 0 atom stereocenters. The van der Waals surface area contributed by atoms with Crippen LogP contribution in [-0.2, 0) is 26.1 Å². The summed E-state index contributed by atoms with van der Waals surface area (Å²) in [5, 5.41) is 0.427. The highest BCUT2D eigenvalue weighted by atomic mass is 79.9. The van der Waals surface area contributed by atoms with Gasteiger partial charge in [-0.1, -0.05) is 38.9 Å². The number of aromatic nitrogens is 1. The van der Waals surface area contributed by atoms with E-state index < -0.39 is 16.0 Å². The Bertz CT molecular complexity index is 1150. The number of sulfonamides is 1. The van der Waals surface area contributed by atoms with Crippen molar-refractivity contribution in [1.29, 1.82) is 0 Å². The molecule has 0 saturated carbocycles. The molecule has 0 N–H and O–H groups in total. The Kier molecular flexibility index (Phi) is 5.52. The first-order valence-corrected chi connectivity index (χ1v) is 10.7. The van der Waals surface area contributed by atoms with Gasteiger partial charge in [0.1, 0.15) is 6.54 Å². The van der Waals surface area contributed by atoms with Gasteiger partial charge in [-0.05, 0) is 42.5 Å². The zero-order chi connectivity index (χ0) is 18.9. The van der Waals surface area contributed by atoms with Gasteiger partial charge in [-0.25, -0.2) is 0 Å². The van der Waals surface area contributed by atoms with E-state index in [1.165, 1.54) is 47.3 Å². The van der Waals surface area contributed by atoms with Crippen molar-refractivity contribution in [3.05, 3.63) is 56.8 Å². The molecule has 10 heteroatoms. The van der Waals surface area contributed by atoms with Gasteiger partial charge in [-0.15, -0.1) is 4.40 Å². The first kappa shape index (κ1) is 19.1. The van der Waals surface area contributed by atoms with E-state index in [0.29, 0.717) is 10.5 Å². The van der Waals surface area contributed by atoms with Gasteiger partial charge in [-0.3, -0.25) is 4.79 Å². The molecule has 0 aliphatic carbocycles. The van der Waals surface area contributed by atoms with Crippen LogP contribution < -0.4 is 4.80 Å². The van der Waals surface area contributed by atoms with E-state index in [9.17, 15) is 13.2 Å². The van der Waals surface area contributed by atoms with E-state index in [-0.39, 0.29) is 16.2 Å². The van der Waals surface area contributed by atoms with Crippen molar-refractivity contribution in [2.24, 2.45) is 4.40 Å². The third kappa shape index (κ3) is 4.01. The van der Waals surface area contributed by atoms with Crippen LogP contribution in [0.25, 0.3) is 10.2 Å². The number of ether oxygens (including phenoxy) is 1. The van der Waals surface area contributed by atoms with Gasteiger partial charge in [0, 0.05) is 9.50 Å². The van der Waals surface area contributed by atoms with Crippen molar-refractivity contribution in [3.63, 3.8) is 0 Å². The molecular weight excluding hydrogens is 464 g/mol. The molecule has 3 aromatic rings. The van der Waals surface area contributed by atoms with Gasteiger partial charge in [0.25, 0.3) is 10.0 Å². The van der Waals surface area contributed by atoms with Crippen LogP contribution in [0.3, 0.4) is 0 Å². The summed E-state index contributed by atoms with van der Waals surface area (Å²) >= 11 is 10.4. The number of esters is 1. The van der Waals surface area contributed by atoms with E-state index in [4.69, 9.17) is 16.3 Å². The first-order valence-electron chi connectivity index (χ1n) is 7.22. The lowest BCUT2D eigenvalue weighted by Crippen LogP contribution is -2.22. The average Bonchev–Trinajstić information content (AvgIpc) is 2.90. The first-order chi connectivity index (χ1) is 12.3. The van der Waals surface area contributed by atoms with Crippen molar-refractivity contribution >= 4 is 65.1 Å². The number of rotatable bonds is 4. The Morgan fingerprint density at radius 1 is 1.27 bits per heavy atom. The molecule has 0 saturated heterocycles. The van der Waals surface area contributed by atoms with Crippen LogP contribution in [0.1, 0.15) is 0 Å². The van der Waals surface area contributed by atoms with Crippen molar-refractivity contribution < 1.29 is 17.9 Å². The molecule has 6 nitrogen and oxygen atoms in total. The fourth-order valence-corrected chi connectivity index (χ4v) is 5.14. The number of fused-ring (bicyclic) bond motifs is 1. The number of hydrogen-bond acceptors (Lipinski definition) is 5. The van der Waals surface area contributed by atoms with Gasteiger partial charge in [-0.2, -0.15) is 8.42 Å². The SMILES string of the molecule is COC(=O)Cn1c(=NS(=O)(=O)c2ccc(Cl)cc2)sc2cc(Br)ccc21. The fraction of sp³-hybridized carbons (Fsp3) is 0.125. The van der Waals surface area contributed by atoms with Crippen molar-refractivity contribution in [3.8, 4) is 0 Å². The smallest absolute Gasteiger partial charge is 0.325 e. The summed E-state index contributed by atoms with van der Waals surface area (Å²) < 4.78 is 37.0. The Morgan fingerprint density at radius 2 is 1.96 bits per heavy atom. The van der Waals surface area contributed by atoms with Crippen LogP contribution in [0, 0.1) is 0 Å². The summed E-state index contributed by atoms with van der Waals surface area (Å²) in [7, 11) is -2.69. The predicted molar refractivity (Wildman–Crippen MR) is 104 cm³/mol. The monoisotopic (exact) mass is 474 g/mol. The molecule has 0 unspecified atom stereocenters. The summed E-state index contributed by atoms with van der Waals surface area (Å²) in [5.41, 5.74) is 0.689. The molecule has 0 amide bonds. The number of benzene rings is 2. The van der Waals surface area contributed by atoms with Gasteiger partial charge in [0.05, 0.1) is 22.2 Å². The molecule has 0 aliphatic rings. The Morgan fingerprint density at radius 3 is 2.62 bits per heavy atom. The highest BCUT2D eigenvalue weighted by Gasteiger charge is 2.16. The molecule has 1 heterocycles. The van der Waals surface area contributed by atoms with Gasteiger partial charge in [0.2, 0.25) is 4.80 Å². The molecule has 1 aromatic heterocycles. The highest BCUT2D eigenvalue weighted by Crippen LogP contribution is 2.23. The number of halogens is 2. The van der Waals surface area contributed by atoms with Crippen LogP contribution in [0.5, 0.6) is 0 Å². The molecule has 2 aromatic carbocycles. The number of carbonyl (C=O) groups excluding carboxylic acids is 1. The molecule has 0 spiro atoms. The minimum atomic E-state index is -3.96. The summed E-state index contributed by atoms with van der Waals surface area (Å²) in [6.07, 6.45) is 0. The maximum atomic E-state index is 12.6. The highest BCUT2D eigenvalue weighted by molar-refractivity contribution is 9.10. The Hall–Kier alpha value is -1.68. The molecule has 0 radical (unpaired) electrons. The van der Waals surface area contributed by atoms with Crippen molar-refractivity contribution in [1.82, 2.24) is 4.57 Å². The number of methoxy groups -OCH3 is 1. The molecule has 0 bridgehead atoms. The lowest BCUT2D eigenvalue weighted by Gasteiger charge is -2.04. The Balaban J connectivity index is 2.22. The minimum Gasteiger partial charge on any atom is -0.468 e. The fourth-order valence-electron chi connectivity index (χ4n) is 2.23. The van der Waals surface area contributed by atoms with Crippen LogP contribution in [-0.4, -0.2) is 26.1 Å². The number of hydrogen-bond donors (Lipinski definition) is 0. The second-order valence-electron chi connectivity index (χ2n) is 5.18. The second kappa shape index (κ2) is 7.51. The molecular formula is C16H12BrClN2O4S2. The van der Waals surface area contributed by atoms with E-state index in [1.807, 2.05) is 6.07 Å². The van der Waals surface area contributed by atoms with Crippen LogP contribution in [0.4, 0.5) is 0 Å². The third-order valence-corrected chi connectivity index (χ3v) is 6.65. The molecule has 3 rings (SSSR count). The lowest BCUT2D eigenvalue weighted by molar-refractivity contribution is -0.141. The van der Waals surface area contributed by atoms with E-state index >= 15 is 0 Å². The average molecular weight is 476 g/mol. The molecule has 26 heavy (non-hydrogen) atoms. The molecule has 0 aliphatic heterocycles. The number of nitrogens with zero attached hydrogens (tertiary/aromatic N) is 2. The summed E-state index contributed by atoms with van der Waals surface area (Å²) in [4.78, 5) is 12.0. The zero-order valence-corrected chi connectivity index (χ0v) is 17.3. The third-order valence-electron chi connectivity index (χ3n) is 3.47. The summed E-state index contributed by atoms with van der Waals surface area (Å²) in [5.74, 6) is -0.502. The largest absolute Gasteiger partial charge is 0.468 e. The number of carbonyl (C=O) groups is 1. The topological polar surface area (TPSA) is 77.7 Å². The maximum absolute atomic E-state index is 12.6. The standard InChI is InChI=1S/C16H12BrClN2O4S2/c1-24-15(21)9-20-13-7-2-10(17)8-14(13)25-16(20)19-26(22,23)12-5-3-11(18)4-6-12/h2-8H,9H2,1H3. The van der Waals surface area contributed by atoms with Crippen molar-refractivity contribution in [2.45, 2.75) is 11.4 Å². The molecule has 0 fully saturated rings. The molecule has 136 valence electrons. The van der Waals surface area contributed by atoms with Crippen LogP contribution in [0.15, 0.2) is 56.2 Å². The quantitative estimate of drug-likeness (QED) is 0.540. The minimum absolute atomic E-state index is 0.0187. The predicted octanol–water partition coefficient (Wildman–Crippen LogP) is 3.58. The van der Waals surface area contributed by atoms with Gasteiger partial charge < -0.3 is 9.30 Å². The van der Waals surface area contributed by atoms with E-state index in [1.54, 1.807) is 12.1 Å². The normalized spacial score (nSPS) is 12.5. The van der Waals surface area contributed by atoms with Crippen molar-refractivity contribution in [2.75, 3.05) is 7.11 Å². The van der Waals surface area contributed by atoms with E-state index in [0.717, 1.165) is 9.17 Å². The van der Waals surface area contributed by atoms with Crippen LogP contribution >= 0.6 is 38.9 Å².